The Hall–Kier alpha value is -1.93. The molecule has 0 spiro atoms. The fraction of sp³-hybridized carbons (Fsp3) is 0.385. The number of carbonyl (C=O) groups is 2. The van der Waals surface area contributed by atoms with Gasteiger partial charge >= 0.3 is 5.97 Å². The Morgan fingerprint density at radius 1 is 1.33 bits per heavy atom. The highest BCUT2D eigenvalue weighted by Crippen LogP contribution is 2.13. The monoisotopic (exact) mass is 312 g/mol. The van der Waals surface area contributed by atoms with E-state index in [1.165, 1.54) is 12.1 Å². The van der Waals surface area contributed by atoms with E-state index in [0.29, 0.717) is 6.42 Å². The first-order chi connectivity index (χ1) is 9.87. The number of aliphatic carboxylic acids is 1. The molecule has 0 bridgehead atoms. The molecule has 1 fully saturated rings. The zero-order chi connectivity index (χ0) is 15.5. The predicted octanol–water partition coefficient (Wildman–Crippen LogP) is -0.129. The van der Waals surface area contributed by atoms with E-state index in [1.54, 1.807) is 12.1 Å². The van der Waals surface area contributed by atoms with Gasteiger partial charge in [-0.05, 0) is 24.1 Å². The fourth-order valence-electron chi connectivity index (χ4n) is 2.06. The minimum absolute atomic E-state index is 0.000200. The van der Waals surface area contributed by atoms with Crippen LogP contribution < -0.4 is 10.0 Å². The molecular formula is C13H16N2O5S. The SMILES string of the molecule is O=C(O)CCc1ccc(S(=O)(=O)NC2CNC(=O)C2)cc1. The molecule has 1 aliphatic rings. The highest BCUT2D eigenvalue weighted by Gasteiger charge is 2.26. The summed E-state index contributed by atoms with van der Waals surface area (Å²) in [6.45, 7) is 0.286. The summed E-state index contributed by atoms with van der Waals surface area (Å²) < 4.78 is 26.7. The first kappa shape index (κ1) is 15.5. The van der Waals surface area contributed by atoms with Gasteiger partial charge in [-0.2, -0.15) is 0 Å². The average Bonchev–Trinajstić information content (AvgIpc) is 2.81. The fourth-order valence-corrected chi connectivity index (χ4v) is 3.30. The summed E-state index contributed by atoms with van der Waals surface area (Å²) >= 11 is 0. The molecule has 21 heavy (non-hydrogen) atoms. The summed E-state index contributed by atoms with van der Waals surface area (Å²) in [5.74, 6) is -1.07. The van der Waals surface area contributed by atoms with E-state index in [2.05, 4.69) is 10.0 Å². The molecule has 3 N–H and O–H groups in total. The number of nitrogens with one attached hydrogen (secondary N) is 2. The molecule has 1 aromatic carbocycles. The molecule has 1 heterocycles. The molecule has 2 rings (SSSR count). The van der Waals surface area contributed by atoms with Crippen molar-refractivity contribution in [2.75, 3.05) is 6.54 Å². The topological polar surface area (TPSA) is 113 Å². The van der Waals surface area contributed by atoms with E-state index >= 15 is 0 Å². The lowest BCUT2D eigenvalue weighted by Gasteiger charge is -2.11. The van der Waals surface area contributed by atoms with Crippen LogP contribution in [0.3, 0.4) is 0 Å². The molecule has 0 aromatic heterocycles. The number of aryl methyl sites for hydroxylation is 1. The summed E-state index contributed by atoms with van der Waals surface area (Å²) in [7, 11) is -3.67. The van der Waals surface area contributed by atoms with Crippen molar-refractivity contribution in [1.82, 2.24) is 10.0 Å². The van der Waals surface area contributed by atoms with Gasteiger partial charge in [-0.15, -0.1) is 0 Å². The highest BCUT2D eigenvalue weighted by molar-refractivity contribution is 7.89. The third kappa shape index (κ3) is 4.27. The minimum atomic E-state index is -3.67. The summed E-state index contributed by atoms with van der Waals surface area (Å²) in [6, 6.07) is 5.62. The van der Waals surface area contributed by atoms with Crippen LogP contribution in [0.5, 0.6) is 0 Å². The number of hydrogen-bond acceptors (Lipinski definition) is 4. The maximum atomic E-state index is 12.1. The van der Waals surface area contributed by atoms with Crippen LogP contribution in [-0.2, 0) is 26.0 Å². The normalized spacial score (nSPS) is 18.5. The molecule has 1 aromatic rings. The zero-order valence-corrected chi connectivity index (χ0v) is 12.0. The van der Waals surface area contributed by atoms with Crippen molar-refractivity contribution in [2.24, 2.45) is 0 Å². The highest BCUT2D eigenvalue weighted by atomic mass is 32.2. The second kappa shape index (κ2) is 6.23. The van der Waals surface area contributed by atoms with Gasteiger partial charge in [-0.3, -0.25) is 9.59 Å². The van der Waals surface area contributed by atoms with E-state index in [-0.39, 0.29) is 30.2 Å². The molecule has 1 amide bonds. The van der Waals surface area contributed by atoms with E-state index in [9.17, 15) is 18.0 Å². The van der Waals surface area contributed by atoms with Crippen molar-refractivity contribution in [1.29, 1.82) is 0 Å². The van der Waals surface area contributed by atoms with Crippen LogP contribution in [0.4, 0.5) is 0 Å². The van der Waals surface area contributed by atoms with Crippen LogP contribution in [0.1, 0.15) is 18.4 Å². The van der Waals surface area contributed by atoms with Gasteiger partial charge in [-0.1, -0.05) is 12.1 Å². The van der Waals surface area contributed by atoms with Crippen LogP contribution in [0.15, 0.2) is 29.2 Å². The van der Waals surface area contributed by atoms with Crippen molar-refractivity contribution in [3.63, 3.8) is 0 Å². The molecular weight excluding hydrogens is 296 g/mol. The minimum Gasteiger partial charge on any atom is -0.481 e. The molecule has 114 valence electrons. The summed E-state index contributed by atoms with van der Waals surface area (Å²) in [4.78, 5) is 21.6. The van der Waals surface area contributed by atoms with Crippen molar-refractivity contribution >= 4 is 21.9 Å². The standard InChI is InChI=1S/C13H16N2O5S/c16-12-7-10(8-14-12)15-21(19,20)11-4-1-9(2-5-11)3-6-13(17)18/h1-2,4-5,10,15H,3,6-8H2,(H,14,16)(H,17,18). The Kier molecular flexibility index (Phi) is 4.59. The largest absolute Gasteiger partial charge is 0.481 e. The van der Waals surface area contributed by atoms with Crippen LogP contribution in [0.2, 0.25) is 0 Å². The average molecular weight is 312 g/mol. The molecule has 1 saturated heterocycles. The lowest BCUT2D eigenvalue weighted by Crippen LogP contribution is -2.36. The van der Waals surface area contributed by atoms with Gasteiger partial charge in [0, 0.05) is 25.4 Å². The van der Waals surface area contributed by atoms with Crippen molar-refractivity contribution < 1.29 is 23.1 Å². The quantitative estimate of drug-likeness (QED) is 0.677. The second-order valence-corrected chi connectivity index (χ2v) is 6.58. The number of carboxylic acids is 1. The number of sulfonamides is 1. The summed E-state index contributed by atoms with van der Waals surface area (Å²) in [5.41, 5.74) is 0.758. The van der Waals surface area contributed by atoms with Gasteiger partial charge in [0.15, 0.2) is 0 Å². The zero-order valence-electron chi connectivity index (χ0n) is 11.2. The van der Waals surface area contributed by atoms with Crippen LogP contribution in [0, 0.1) is 0 Å². The molecule has 1 unspecified atom stereocenters. The third-order valence-electron chi connectivity index (χ3n) is 3.16. The number of carboxylic acid groups (broad SMARTS) is 1. The van der Waals surface area contributed by atoms with E-state index < -0.39 is 22.0 Å². The van der Waals surface area contributed by atoms with Gasteiger partial charge in [0.2, 0.25) is 15.9 Å². The molecule has 1 aliphatic heterocycles. The van der Waals surface area contributed by atoms with Gasteiger partial charge in [-0.25, -0.2) is 13.1 Å². The van der Waals surface area contributed by atoms with E-state index in [4.69, 9.17) is 5.11 Å². The van der Waals surface area contributed by atoms with Crippen molar-refractivity contribution in [3.8, 4) is 0 Å². The van der Waals surface area contributed by atoms with E-state index in [1.807, 2.05) is 0 Å². The Bertz CT molecular complexity index is 639. The first-order valence-corrected chi connectivity index (χ1v) is 7.95. The molecule has 1 atom stereocenters. The Labute approximate surface area is 122 Å². The van der Waals surface area contributed by atoms with Gasteiger partial charge in [0.05, 0.1) is 4.90 Å². The molecule has 0 aliphatic carbocycles. The lowest BCUT2D eigenvalue weighted by atomic mass is 10.1. The number of amides is 1. The predicted molar refractivity (Wildman–Crippen MR) is 74.1 cm³/mol. The van der Waals surface area contributed by atoms with E-state index in [0.717, 1.165) is 5.56 Å². The maximum absolute atomic E-state index is 12.1. The maximum Gasteiger partial charge on any atom is 0.303 e. The van der Waals surface area contributed by atoms with Gasteiger partial charge in [0.25, 0.3) is 0 Å². The van der Waals surface area contributed by atoms with Crippen molar-refractivity contribution in [3.05, 3.63) is 29.8 Å². The molecule has 8 heteroatoms. The molecule has 0 radical (unpaired) electrons. The lowest BCUT2D eigenvalue weighted by molar-refractivity contribution is -0.137. The van der Waals surface area contributed by atoms with Crippen LogP contribution in [-0.4, -0.2) is 38.0 Å². The first-order valence-electron chi connectivity index (χ1n) is 6.46. The number of rotatable bonds is 6. The molecule has 0 saturated carbocycles. The Morgan fingerprint density at radius 2 is 2.00 bits per heavy atom. The van der Waals surface area contributed by atoms with Crippen LogP contribution >= 0.6 is 0 Å². The second-order valence-electron chi connectivity index (χ2n) is 4.86. The van der Waals surface area contributed by atoms with Crippen molar-refractivity contribution in [2.45, 2.75) is 30.2 Å². The molecule has 7 nitrogen and oxygen atoms in total. The smallest absolute Gasteiger partial charge is 0.303 e. The summed E-state index contributed by atoms with van der Waals surface area (Å²) in [6.07, 6.45) is 0.486. The Balaban J connectivity index is 2.02. The number of hydrogen-bond donors (Lipinski definition) is 3. The van der Waals surface area contributed by atoms with Gasteiger partial charge in [0.1, 0.15) is 0 Å². The number of carbonyl (C=O) groups excluding carboxylic acids is 1. The van der Waals surface area contributed by atoms with Crippen LogP contribution in [0.25, 0.3) is 0 Å². The number of benzene rings is 1. The Morgan fingerprint density at radius 3 is 2.52 bits per heavy atom. The summed E-state index contributed by atoms with van der Waals surface area (Å²) in [5, 5.41) is 11.2. The third-order valence-corrected chi connectivity index (χ3v) is 4.70. The van der Waals surface area contributed by atoms with Gasteiger partial charge < -0.3 is 10.4 Å².